The molecule has 1 unspecified atom stereocenters. The van der Waals surface area contributed by atoms with Crippen molar-refractivity contribution in [2.75, 3.05) is 32.7 Å². The Hall–Kier alpha value is -1.39. The zero-order chi connectivity index (χ0) is 16.7. The smallest absolute Gasteiger partial charge is 0.224 e. The molecular formula is C19H31N3O. The van der Waals surface area contributed by atoms with Crippen molar-refractivity contribution in [2.24, 2.45) is 11.7 Å². The maximum absolute atomic E-state index is 12.5. The molecule has 2 rings (SSSR count). The van der Waals surface area contributed by atoms with Gasteiger partial charge < -0.3 is 15.5 Å². The number of rotatable bonds is 7. The number of benzene rings is 1. The zero-order valence-corrected chi connectivity index (χ0v) is 14.6. The SMILES string of the molecule is CCN(CC)CC1CCN(C(=O)CC(N)c2ccccc2)CC1. The summed E-state index contributed by atoms with van der Waals surface area (Å²) in [5.41, 5.74) is 7.22. The molecule has 1 saturated heterocycles. The summed E-state index contributed by atoms with van der Waals surface area (Å²) in [6.07, 6.45) is 2.64. The van der Waals surface area contributed by atoms with Crippen LogP contribution in [0.4, 0.5) is 0 Å². The topological polar surface area (TPSA) is 49.6 Å². The van der Waals surface area contributed by atoms with E-state index in [2.05, 4.69) is 18.7 Å². The van der Waals surface area contributed by atoms with Gasteiger partial charge in [-0.15, -0.1) is 0 Å². The fourth-order valence-electron chi connectivity index (χ4n) is 3.35. The molecule has 0 saturated carbocycles. The molecule has 1 aromatic carbocycles. The van der Waals surface area contributed by atoms with Gasteiger partial charge in [0.1, 0.15) is 0 Å². The Morgan fingerprint density at radius 3 is 2.39 bits per heavy atom. The van der Waals surface area contributed by atoms with E-state index in [1.165, 1.54) is 6.54 Å². The van der Waals surface area contributed by atoms with Crippen LogP contribution in [-0.4, -0.2) is 48.4 Å². The predicted octanol–water partition coefficient (Wildman–Crippen LogP) is 2.66. The van der Waals surface area contributed by atoms with Crippen LogP contribution in [0.15, 0.2) is 30.3 Å². The summed E-state index contributed by atoms with van der Waals surface area (Å²) in [6.45, 7) is 9.58. The molecule has 1 aromatic rings. The van der Waals surface area contributed by atoms with E-state index in [-0.39, 0.29) is 11.9 Å². The van der Waals surface area contributed by atoms with Crippen molar-refractivity contribution in [3.05, 3.63) is 35.9 Å². The van der Waals surface area contributed by atoms with Crippen LogP contribution in [0.2, 0.25) is 0 Å². The first-order valence-electron chi connectivity index (χ1n) is 8.94. The number of likely N-dealkylation sites (tertiary alicyclic amines) is 1. The minimum Gasteiger partial charge on any atom is -0.343 e. The average molecular weight is 317 g/mol. The van der Waals surface area contributed by atoms with Crippen LogP contribution in [0.25, 0.3) is 0 Å². The van der Waals surface area contributed by atoms with Crippen molar-refractivity contribution < 1.29 is 4.79 Å². The molecule has 1 heterocycles. The van der Waals surface area contributed by atoms with E-state index in [4.69, 9.17) is 5.73 Å². The third-order valence-corrected chi connectivity index (χ3v) is 5.00. The van der Waals surface area contributed by atoms with Crippen LogP contribution in [0, 0.1) is 5.92 Å². The Morgan fingerprint density at radius 2 is 1.83 bits per heavy atom. The molecule has 23 heavy (non-hydrogen) atoms. The van der Waals surface area contributed by atoms with E-state index in [0.29, 0.717) is 6.42 Å². The highest BCUT2D eigenvalue weighted by Crippen LogP contribution is 2.21. The molecule has 4 nitrogen and oxygen atoms in total. The van der Waals surface area contributed by atoms with Gasteiger partial charge in [0.05, 0.1) is 0 Å². The fourth-order valence-corrected chi connectivity index (χ4v) is 3.35. The van der Waals surface area contributed by atoms with Crippen molar-refractivity contribution in [2.45, 2.75) is 39.2 Å². The Kier molecular flexibility index (Phi) is 7.06. The minimum atomic E-state index is -0.197. The molecule has 0 spiro atoms. The van der Waals surface area contributed by atoms with Crippen LogP contribution in [0.5, 0.6) is 0 Å². The molecule has 0 aliphatic carbocycles. The van der Waals surface area contributed by atoms with E-state index in [9.17, 15) is 4.79 Å². The lowest BCUT2D eigenvalue weighted by atomic mass is 9.95. The second kappa shape index (κ2) is 9.04. The molecule has 1 aliphatic heterocycles. The van der Waals surface area contributed by atoms with Gasteiger partial charge in [0.15, 0.2) is 0 Å². The van der Waals surface area contributed by atoms with Crippen molar-refractivity contribution in [1.29, 1.82) is 0 Å². The van der Waals surface area contributed by atoms with E-state index >= 15 is 0 Å². The quantitative estimate of drug-likeness (QED) is 0.841. The summed E-state index contributed by atoms with van der Waals surface area (Å²) < 4.78 is 0. The highest BCUT2D eigenvalue weighted by molar-refractivity contribution is 5.77. The number of carbonyl (C=O) groups excluding carboxylic acids is 1. The number of amides is 1. The van der Waals surface area contributed by atoms with Crippen LogP contribution in [0.3, 0.4) is 0 Å². The normalized spacial score (nSPS) is 17.5. The summed E-state index contributed by atoms with van der Waals surface area (Å²) in [7, 11) is 0. The highest BCUT2D eigenvalue weighted by Gasteiger charge is 2.24. The third kappa shape index (κ3) is 5.33. The van der Waals surface area contributed by atoms with Gasteiger partial charge in [-0.1, -0.05) is 44.2 Å². The van der Waals surface area contributed by atoms with Crippen LogP contribution < -0.4 is 5.73 Å². The maximum atomic E-state index is 12.5. The average Bonchev–Trinajstić information content (AvgIpc) is 2.60. The number of nitrogens with two attached hydrogens (primary N) is 1. The number of hydrogen-bond acceptors (Lipinski definition) is 3. The van der Waals surface area contributed by atoms with Crippen molar-refractivity contribution in [3.8, 4) is 0 Å². The second-order valence-corrected chi connectivity index (χ2v) is 6.53. The van der Waals surface area contributed by atoms with Gasteiger partial charge in [0.25, 0.3) is 0 Å². The first-order chi connectivity index (χ1) is 11.1. The van der Waals surface area contributed by atoms with E-state index < -0.39 is 0 Å². The zero-order valence-electron chi connectivity index (χ0n) is 14.6. The van der Waals surface area contributed by atoms with Gasteiger partial charge >= 0.3 is 0 Å². The van der Waals surface area contributed by atoms with E-state index in [1.54, 1.807) is 0 Å². The van der Waals surface area contributed by atoms with Gasteiger partial charge in [-0.25, -0.2) is 0 Å². The molecule has 0 radical (unpaired) electrons. The summed E-state index contributed by atoms with van der Waals surface area (Å²) in [5.74, 6) is 0.921. The summed E-state index contributed by atoms with van der Waals surface area (Å²) >= 11 is 0. The Labute approximate surface area is 140 Å². The molecular weight excluding hydrogens is 286 g/mol. The Balaban J connectivity index is 1.77. The largest absolute Gasteiger partial charge is 0.343 e. The van der Waals surface area contributed by atoms with Gasteiger partial charge in [-0.3, -0.25) is 4.79 Å². The molecule has 1 aliphatic rings. The summed E-state index contributed by atoms with van der Waals surface area (Å²) in [6, 6.07) is 9.70. The van der Waals surface area contributed by atoms with Gasteiger partial charge in [-0.05, 0) is 37.4 Å². The summed E-state index contributed by atoms with van der Waals surface area (Å²) in [5, 5.41) is 0. The van der Waals surface area contributed by atoms with Crippen LogP contribution in [0.1, 0.15) is 44.7 Å². The summed E-state index contributed by atoms with van der Waals surface area (Å²) in [4.78, 5) is 16.9. The van der Waals surface area contributed by atoms with Gasteiger partial charge in [0.2, 0.25) is 5.91 Å². The van der Waals surface area contributed by atoms with Crippen LogP contribution in [-0.2, 0) is 4.79 Å². The van der Waals surface area contributed by atoms with Crippen molar-refractivity contribution in [1.82, 2.24) is 9.80 Å². The number of nitrogens with zero attached hydrogens (tertiary/aromatic N) is 2. The first kappa shape index (κ1) is 18.0. The molecule has 1 amide bonds. The molecule has 0 aromatic heterocycles. The third-order valence-electron chi connectivity index (χ3n) is 5.00. The molecule has 1 fully saturated rings. The van der Waals surface area contributed by atoms with Gasteiger partial charge in [-0.2, -0.15) is 0 Å². The Morgan fingerprint density at radius 1 is 1.22 bits per heavy atom. The minimum absolute atomic E-state index is 0.197. The van der Waals surface area contributed by atoms with Crippen molar-refractivity contribution in [3.63, 3.8) is 0 Å². The molecule has 0 bridgehead atoms. The Bertz CT molecular complexity index is 465. The maximum Gasteiger partial charge on any atom is 0.224 e. The molecule has 2 N–H and O–H groups in total. The van der Waals surface area contributed by atoms with Crippen molar-refractivity contribution >= 4 is 5.91 Å². The number of carbonyl (C=O) groups is 1. The number of hydrogen-bond donors (Lipinski definition) is 1. The lowest BCUT2D eigenvalue weighted by molar-refractivity contribution is -0.133. The predicted molar refractivity (Wildman–Crippen MR) is 95.1 cm³/mol. The first-order valence-corrected chi connectivity index (χ1v) is 8.94. The van der Waals surface area contributed by atoms with Crippen LogP contribution >= 0.6 is 0 Å². The van der Waals surface area contributed by atoms with E-state index in [0.717, 1.165) is 50.5 Å². The standard InChI is InChI=1S/C19H31N3O/c1-3-21(4-2)15-16-10-12-22(13-11-16)19(23)14-18(20)17-8-6-5-7-9-17/h5-9,16,18H,3-4,10-15,20H2,1-2H3. The molecule has 128 valence electrons. The molecule has 4 heteroatoms. The second-order valence-electron chi connectivity index (χ2n) is 6.53. The highest BCUT2D eigenvalue weighted by atomic mass is 16.2. The van der Waals surface area contributed by atoms with Gasteiger partial charge in [0, 0.05) is 32.1 Å². The molecule has 1 atom stereocenters. The lowest BCUT2D eigenvalue weighted by Gasteiger charge is -2.35. The number of piperidine rings is 1. The fraction of sp³-hybridized carbons (Fsp3) is 0.632. The monoisotopic (exact) mass is 317 g/mol. The van der Waals surface area contributed by atoms with E-state index in [1.807, 2.05) is 35.2 Å². The lowest BCUT2D eigenvalue weighted by Crippen LogP contribution is -2.42.